The summed E-state index contributed by atoms with van der Waals surface area (Å²) in [5.41, 5.74) is 0.655. The number of esters is 2. The van der Waals surface area contributed by atoms with Crippen LogP contribution in [0.2, 0.25) is 0 Å². The fourth-order valence-corrected chi connectivity index (χ4v) is 7.54. The fraction of sp³-hybridized carbons (Fsp3) is 0.659. The number of hydrogen-bond acceptors (Lipinski definition) is 10. The Morgan fingerprint density at radius 3 is 2.39 bits per heavy atom. The van der Waals surface area contributed by atoms with E-state index < -0.39 is 59.6 Å². The van der Waals surface area contributed by atoms with Gasteiger partial charge in [0.05, 0.1) is 18.2 Å². The number of rotatable bonds is 19. The third-order valence-corrected chi connectivity index (χ3v) is 10.5. The number of nitrogens with zero attached hydrogens (tertiary/aromatic N) is 2. The van der Waals surface area contributed by atoms with Gasteiger partial charge in [0.1, 0.15) is 30.0 Å². The van der Waals surface area contributed by atoms with Gasteiger partial charge in [-0.3, -0.25) is 19.2 Å². The van der Waals surface area contributed by atoms with Crippen LogP contribution in [0.15, 0.2) is 42.0 Å². The highest BCUT2D eigenvalue weighted by molar-refractivity contribution is 5.98. The van der Waals surface area contributed by atoms with Gasteiger partial charge >= 0.3 is 11.9 Å². The maximum absolute atomic E-state index is 14.4. The minimum atomic E-state index is -0.891. The molecule has 5 atom stereocenters. The monoisotopic (exact) mass is 795 g/mol. The van der Waals surface area contributed by atoms with Gasteiger partial charge in [-0.1, -0.05) is 51.7 Å². The van der Waals surface area contributed by atoms with E-state index in [-0.39, 0.29) is 43.2 Å². The molecule has 0 saturated carbocycles. The normalized spacial score (nSPS) is 22.1. The van der Waals surface area contributed by atoms with Crippen molar-refractivity contribution in [1.29, 1.82) is 0 Å². The molecule has 1 aromatic carbocycles. The number of benzene rings is 1. The molecule has 13 nitrogen and oxygen atoms in total. The molecule has 4 rings (SSSR count). The van der Waals surface area contributed by atoms with Crippen molar-refractivity contribution in [3.63, 3.8) is 0 Å². The zero-order valence-corrected chi connectivity index (χ0v) is 35.1. The van der Waals surface area contributed by atoms with E-state index >= 15 is 0 Å². The number of aliphatic hydroxyl groups excluding tert-OH is 1. The van der Waals surface area contributed by atoms with Gasteiger partial charge in [0.2, 0.25) is 17.7 Å². The summed E-state index contributed by atoms with van der Waals surface area (Å²) in [6.07, 6.45) is 11.2. The summed E-state index contributed by atoms with van der Waals surface area (Å²) in [6, 6.07) is 5.31. The highest BCUT2D eigenvalue weighted by Gasteiger charge is 2.53. The Bertz CT molecular complexity index is 1600. The average Bonchev–Trinajstić information content (AvgIpc) is 3.80. The summed E-state index contributed by atoms with van der Waals surface area (Å²) in [7, 11) is 3.32. The van der Waals surface area contributed by atoms with Crippen LogP contribution in [0.4, 0.5) is 0 Å². The quantitative estimate of drug-likeness (QED) is 0.0985. The lowest BCUT2D eigenvalue weighted by molar-refractivity contribution is -0.190. The van der Waals surface area contributed by atoms with Gasteiger partial charge in [0.15, 0.2) is 5.79 Å². The molecule has 316 valence electrons. The standard InChI is InChI=1S/C44H65N3O10/c1-8-10-12-23-44(24-13-11-9-2)55-36-28-32(27-35(39(36)57-44)54-42(53)31-17-14-16-30(26-31)19-21-37(49)46(6)7)41(52)47-25-15-18-34(47)40(51)45-33(29-48)20-22-38(50)56-43(3,4)5/h14,16-17,19,21,26,28,33-36,39,48H,8-13,15,18,20,22-25,27,29H2,1-7H3,(H,45,51). The van der Waals surface area contributed by atoms with Gasteiger partial charge in [-0.25, -0.2) is 4.79 Å². The Balaban J connectivity index is 1.56. The summed E-state index contributed by atoms with van der Waals surface area (Å²) in [4.78, 5) is 69.3. The molecule has 0 spiro atoms. The van der Waals surface area contributed by atoms with Gasteiger partial charge in [-0.05, 0) is 82.7 Å². The molecule has 57 heavy (non-hydrogen) atoms. The van der Waals surface area contributed by atoms with E-state index in [0.717, 1.165) is 38.5 Å². The number of unbranched alkanes of at least 4 members (excludes halogenated alkanes) is 4. The van der Waals surface area contributed by atoms with E-state index in [4.69, 9.17) is 18.9 Å². The largest absolute Gasteiger partial charge is 0.460 e. The Hall–Kier alpha value is -4.07. The maximum atomic E-state index is 14.4. The lowest BCUT2D eigenvalue weighted by Crippen LogP contribution is -2.51. The molecule has 2 heterocycles. The topological polar surface area (TPSA) is 161 Å². The molecular weight excluding hydrogens is 730 g/mol. The van der Waals surface area contributed by atoms with Crippen molar-refractivity contribution in [3.8, 4) is 0 Å². The number of hydrogen-bond donors (Lipinski definition) is 2. The number of nitrogens with one attached hydrogen (secondary N) is 1. The van der Waals surface area contributed by atoms with Crippen molar-refractivity contribution < 1.29 is 48.0 Å². The van der Waals surface area contributed by atoms with Crippen molar-refractivity contribution in [1.82, 2.24) is 15.1 Å². The molecule has 0 radical (unpaired) electrons. The summed E-state index contributed by atoms with van der Waals surface area (Å²) < 4.78 is 25.2. The molecule has 2 aliphatic heterocycles. The summed E-state index contributed by atoms with van der Waals surface area (Å²) >= 11 is 0. The second-order valence-electron chi connectivity index (χ2n) is 16.7. The molecule has 2 saturated heterocycles. The smallest absolute Gasteiger partial charge is 0.338 e. The van der Waals surface area contributed by atoms with Crippen LogP contribution in [0.3, 0.4) is 0 Å². The number of carbonyl (C=O) groups excluding carboxylic acids is 5. The van der Waals surface area contributed by atoms with E-state index in [1.54, 1.807) is 76.2 Å². The first kappa shape index (κ1) is 45.6. The summed E-state index contributed by atoms with van der Waals surface area (Å²) in [5, 5.41) is 12.9. The van der Waals surface area contributed by atoms with Crippen molar-refractivity contribution in [2.45, 2.75) is 160 Å². The van der Waals surface area contributed by atoms with Crippen molar-refractivity contribution >= 4 is 35.7 Å². The van der Waals surface area contributed by atoms with Crippen molar-refractivity contribution in [2.24, 2.45) is 0 Å². The number of amides is 3. The van der Waals surface area contributed by atoms with Gasteiger partial charge in [-0.2, -0.15) is 0 Å². The molecule has 1 aromatic rings. The first-order valence-corrected chi connectivity index (χ1v) is 20.8. The number of aliphatic hydroxyl groups is 1. The van der Waals surface area contributed by atoms with Gasteiger partial charge < -0.3 is 39.2 Å². The number of likely N-dealkylation sites (tertiary alicyclic amines) is 1. The molecule has 0 bridgehead atoms. The SMILES string of the molecule is CCCCCC1(CCCCC)OC2C=C(C(=O)N3CCCC3C(=O)NC(CO)CCC(=O)OC(C)(C)C)CC(OC(=O)c3cccc(C=CC(=O)N(C)C)c3)C2O1. The molecular formula is C44H65N3O10. The molecule has 1 aliphatic carbocycles. The number of ether oxygens (including phenoxy) is 4. The lowest BCUT2D eigenvalue weighted by atomic mass is 9.91. The van der Waals surface area contributed by atoms with Gasteiger partial charge in [0.25, 0.3) is 0 Å². The Morgan fingerprint density at radius 2 is 1.75 bits per heavy atom. The highest BCUT2D eigenvalue weighted by Crippen LogP contribution is 2.43. The van der Waals surface area contributed by atoms with Crippen molar-refractivity contribution in [3.05, 3.63) is 53.1 Å². The first-order valence-electron chi connectivity index (χ1n) is 20.8. The average molecular weight is 796 g/mol. The van der Waals surface area contributed by atoms with Gasteiger partial charge in [0, 0.05) is 58.0 Å². The third-order valence-electron chi connectivity index (χ3n) is 10.5. The van der Waals surface area contributed by atoms with E-state index in [2.05, 4.69) is 19.2 Å². The van der Waals surface area contributed by atoms with Crippen LogP contribution >= 0.6 is 0 Å². The molecule has 0 aromatic heterocycles. The predicted octanol–water partition coefficient (Wildman–Crippen LogP) is 5.87. The Morgan fingerprint density at radius 1 is 1.05 bits per heavy atom. The second kappa shape index (κ2) is 21.1. The Kier molecular flexibility index (Phi) is 16.9. The van der Waals surface area contributed by atoms with Crippen LogP contribution in [-0.4, -0.2) is 114 Å². The first-order chi connectivity index (χ1) is 27.1. The molecule has 3 aliphatic rings. The van der Waals surface area contributed by atoms with Crippen LogP contribution in [0, 0.1) is 0 Å². The summed E-state index contributed by atoms with van der Waals surface area (Å²) in [5.74, 6) is -2.86. The van der Waals surface area contributed by atoms with Gasteiger partial charge in [-0.15, -0.1) is 0 Å². The molecule has 2 fully saturated rings. The molecule has 2 N–H and O–H groups in total. The van der Waals surface area contributed by atoms with Crippen LogP contribution in [0.1, 0.15) is 134 Å². The summed E-state index contributed by atoms with van der Waals surface area (Å²) in [6.45, 7) is 9.57. The number of fused-ring (bicyclic) bond motifs is 1. The third kappa shape index (κ3) is 13.2. The fourth-order valence-electron chi connectivity index (χ4n) is 7.54. The second-order valence-corrected chi connectivity index (χ2v) is 16.7. The lowest BCUT2D eigenvalue weighted by Gasteiger charge is -2.33. The zero-order valence-electron chi connectivity index (χ0n) is 35.1. The van der Waals surface area contributed by atoms with Crippen molar-refractivity contribution in [2.75, 3.05) is 27.2 Å². The van der Waals surface area contributed by atoms with E-state index in [9.17, 15) is 29.1 Å². The maximum Gasteiger partial charge on any atom is 0.338 e. The minimum absolute atomic E-state index is 0.0171. The number of carbonyl (C=O) groups is 5. The molecule has 5 unspecified atom stereocenters. The molecule has 3 amide bonds. The van der Waals surface area contributed by atoms with Crippen LogP contribution < -0.4 is 5.32 Å². The van der Waals surface area contributed by atoms with Crippen LogP contribution in [0.25, 0.3) is 6.08 Å². The zero-order chi connectivity index (χ0) is 41.8. The molecule has 13 heteroatoms. The van der Waals surface area contributed by atoms with E-state index in [1.807, 2.05) is 0 Å². The van der Waals surface area contributed by atoms with E-state index in [1.165, 1.54) is 11.0 Å². The number of likely N-dealkylation sites (N-methyl/N-ethyl adjacent to an activating group) is 1. The Labute approximate surface area is 338 Å². The van der Waals surface area contributed by atoms with E-state index in [0.29, 0.717) is 43.4 Å². The predicted molar refractivity (Wildman–Crippen MR) is 216 cm³/mol. The van der Waals surface area contributed by atoms with Crippen LogP contribution in [0.5, 0.6) is 0 Å². The highest BCUT2D eigenvalue weighted by atomic mass is 16.8. The van der Waals surface area contributed by atoms with Crippen LogP contribution in [-0.2, 0) is 38.1 Å². The minimum Gasteiger partial charge on any atom is -0.460 e.